The van der Waals surface area contributed by atoms with Crippen LogP contribution in [0.5, 0.6) is 0 Å². The van der Waals surface area contributed by atoms with Crippen molar-refractivity contribution in [2.45, 2.75) is 19.4 Å². The zero-order valence-electron chi connectivity index (χ0n) is 11.8. The van der Waals surface area contributed by atoms with E-state index < -0.39 is 5.60 Å². The summed E-state index contributed by atoms with van der Waals surface area (Å²) in [6.45, 7) is 3.55. The largest absolute Gasteiger partial charge is 0.364 e. The number of hydrogen-bond donors (Lipinski definition) is 1. The van der Waals surface area contributed by atoms with Gasteiger partial charge in [0, 0.05) is 25.1 Å². The molecule has 0 bridgehead atoms. The maximum Gasteiger partial charge on any atom is 0.272 e. The number of carbonyl (C=O) groups excluding carboxylic acids is 1. The summed E-state index contributed by atoms with van der Waals surface area (Å²) in [5, 5.41) is 7.68. The Morgan fingerprint density at radius 1 is 1.30 bits per heavy atom. The van der Waals surface area contributed by atoms with Crippen LogP contribution in [0.25, 0.3) is 10.8 Å². The van der Waals surface area contributed by atoms with Crippen molar-refractivity contribution < 1.29 is 9.53 Å². The van der Waals surface area contributed by atoms with Gasteiger partial charge in [0.05, 0.1) is 16.8 Å². The highest BCUT2D eigenvalue weighted by Gasteiger charge is 2.46. The maximum atomic E-state index is 12.4. The van der Waals surface area contributed by atoms with E-state index in [0.29, 0.717) is 16.8 Å². The van der Waals surface area contributed by atoms with Gasteiger partial charge >= 0.3 is 0 Å². The maximum absolute atomic E-state index is 12.4. The number of methoxy groups -OCH3 is 1. The first kappa shape index (κ1) is 12.8. The van der Waals surface area contributed by atoms with Crippen LogP contribution >= 0.6 is 0 Å². The molecule has 0 radical (unpaired) electrons. The number of nitrogens with zero attached hydrogens (tertiary/aromatic N) is 2. The van der Waals surface area contributed by atoms with Crippen molar-refractivity contribution in [2.75, 3.05) is 19.1 Å². The number of fused-ring (bicyclic) bond motifs is 2. The molecule has 6 nitrogen and oxygen atoms in total. The molecule has 1 amide bonds. The summed E-state index contributed by atoms with van der Waals surface area (Å²) < 4.78 is 5.43. The monoisotopic (exact) mass is 273 g/mol. The molecule has 0 fully saturated rings. The molecule has 3 rings (SSSR count). The molecular weight excluding hydrogens is 258 g/mol. The Hall–Kier alpha value is -2.21. The van der Waals surface area contributed by atoms with Crippen molar-refractivity contribution in [1.82, 2.24) is 10.2 Å². The van der Waals surface area contributed by atoms with Crippen molar-refractivity contribution in [3.63, 3.8) is 0 Å². The van der Waals surface area contributed by atoms with Crippen LogP contribution in [0.1, 0.15) is 18.2 Å². The first-order chi connectivity index (χ1) is 9.40. The van der Waals surface area contributed by atoms with Crippen LogP contribution in [0.3, 0.4) is 0 Å². The average Bonchev–Trinajstić information content (AvgIpc) is 2.64. The summed E-state index contributed by atoms with van der Waals surface area (Å²) in [5.74, 6) is -0.146. The molecule has 2 heterocycles. The number of anilines is 1. The third-order valence-corrected chi connectivity index (χ3v) is 4.09. The van der Waals surface area contributed by atoms with Crippen LogP contribution in [0, 0.1) is 6.92 Å². The van der Waals surface area contributed by atoms with E-state index in [2.05, 4.69) is 10.2 Å². The number of rotatable bonds is 1. The lowest BCUT2D eigenvalue weighted by molar-refractivity contribution is -0.137. The first-order valence-corrected chi connectivity index (χ1v) is 6.27. The highest BCUT2D eigenvalue weighted by Crippen LogP contribution is 2.43. The number of carbonyl (C=O) groups is 1. The van der Waals surface area contributed by atoms with E-state index in [1.165, 1.54) is 12.0 Å². The normalized spacial score (nSPS) is 21.6. The van der Waals surface area contributed by atoms with Crippen LogP contribution in [-0.2, 0) is 15.1 Å². The fourth-order valence-electron chi connectivity index (χ4n) is 2.73. The molecule has 0 saturated carbocycles. The van der Waals surface area contributed by atoms with Gasteiger partial charge in [0.15, 0.2) is 5.60 Å². The van der Waals surface area contributed by atoms with Crippen LogP contribution in [-0.4, -0.2) is 30.3 Å². The first-order valence-electron chi connectivity index (χ1n) is 6.27. The average molecular weight is 273 g/mol. The summed E-state index contributed by atoms with van der Waals surface area (Å²) in [4.78, 5) is 25.8. The Balaban J connectivity index is 2.45. The summed E-state index contributed by atoms with van der Waals surface area (Å²) in [6.07, 6.45) is 0. The fourth-order valence-corrected chi connectivity index (χ4v) is 2.73. The topological polar surface area (TPSA) is 75.3 Å². The number of aromatic amines is 1. The molecule has 0 spiro atoms. The van der Waals surface area contributed by atoms with Gasteiger partial charge in [-0.15, -0.1) is 0 Å². The Labute approximate surface area is 115 Å². The summed E-state index contributed by atoms with van der Waals surface area (Å²) in [6, 6.07) is 3.55. The minimum absolute atomic E-state index is 0.146. The number of hydrogen-bond acceptors (Lipinski definition) is 4. The second-order valence-corrected chi connectivity index (χ2v) is 5.15. The molecule has 1 aliphatic rings. The molecule has 0 saturated heterocycles. The van der Waals surface area contributed by atoms with Gasteiger partial charge in [-0.3, -0.25) is 9.59 Å². The van der Waals surface area contributed by atoms with E-state index in [9.17, 15) is 9.59 Å². The predicted molar refractivity (Wildman–Crippen MR) is 74.9 cm³/mol. The highest BCUT2D eigenvalue weighted by molar-refractivity contribution is 6.09. The Morgan fingerprint density at radius 2 is 2.00 bits per heavy atom. The quantitative estimate of drug-likeness (QED) is 0.843. The molecule has 20 heavy (non-hydrogen) atoms. The van der Waals surface area contributed by atoms with Gasteiger partial charge in [0.2, 0.25) is 0 Å². The van der Waals surface area contributed by atoms with E-state index >= 15 is 0 Å². The number of benzene rings is 1. The number of nitrogens with one attached hydrogen (secondary N) is 1. The van der Waals surface area contributed by atoms with E-state index in [-0.39, 0.29) is 11.5 Å². The number of aromatic nitrogens is 2. The molecule has 1 aliphatic heterocycles. The van der Waals surface area contributed by atoms with E-state index in [4.69, 9.17) is 4.74 Å². The number of ether oxygens (including phenoxy) is 1. The molecule has 2 aromatic rings. The van der Waals surface area contributed by atoms with Gasteiger partial charge in [0.25, 0.3) is 11.5 Å². The zero-order valence-corrected chi connectivity index (χ0v) is 11.8. The molecule has 1 N–H and O–H groups in total. The fraction of sp³-hybridized carbons (Fsp3) is 0.357. The van der Waals surface area contributed by atoms with Crippen LogP contribution in [0.4, 0.5) is 5.69 Å². The van der Waals surface area contributed by atoms with Crippen molar-refractivity contribution in [2.24, 2.45) is 0 Å². The third-order valence-electron chi connectivity index (χ3n) is 4.09. The Kier molecular flexibility index (Phi) is 2.49. The minimum Gasteiger partial charge on any atom is -0.364 e. The van der Waals surface area contributed by atoms with Crippen LogP contribution in [0.2, 0.25) is 0 Å². The summed E-state index contributed by atoms with van der Waals surface area (Å²) in [5.41, 5.74) is 0.884. The predicted octanol–water partition coefficient (Wildman–Crippen LogP) is 1.07. The highest BCUT2D eigenvalue weighted by atomic mass is 16.5. The van der Waals surface area contributed by atoms with Crippen molar-refractivity contribution in [3.05, 3.63) is 33.7 Å². The molecule has 104 valence electrons. The molecular formula is C14H15N3O3. The smallest absolute Gasteiger partial charge is 0.272 e. The molecule has 0 aliphatic carbocycles. The van der Waals surface area contributed by atoms with Gasteiger partial charge in [-0.2, -0.15) is 5.10 Å². The van der Waals surface area contributed by atoms with Crippen LogP contribution in [0.15, 0.2) is 16.9 Å². The van der Waals surface area contributed by atoms with Crippen molar-refractivity contribution in [3.8, 4) is 0 Å². The van der Waals surface area contributed by atoms with E-state index in [0.717, 1.165) is 10.9 Å². The van der Waals surface area contributed by atoms with Crippen molar-refractivity contribution >= 4 is 22.4 Å². The SMILES string of the molecule is COC1(C)C(=O)N(C)c2cc3c(=O)[nH]nc(C)c3cc21. The van der Waals surface area contributed by atoms with Crippen LogP contribution < -0.4 is 10.5 Å². The molecule has 1 unspecified atom stereocenters. The number of amides is 1. The third kappa shape index (κ3) is 1.39. The van der Waals surface area contributed by atoms with Gasteiger partial charge in [0.1, 0.15) is 0 Å². The zero-order chi connectivity index (χ0) is 14.7. The molecule has 1 aromatic heterocycles. The van der Waals surface area contributed by atoms with E-state index in [1.807, 2.05) is 13.0 Å². The van der Waals surface area contributed by atoms with Gasteiger partial charge in [-0.1, -0.05) is 0 Å². The Bertz CT molecular complexity index is 796. The summed E-state index contributed by atoms with van der Waals surface area (Å²) >= 11 is 0. The number of H-pyrrole nitrogens is 1. The van der Waals surface area contributed by atoms with Gasteiger partial charge in [-0.05, 0) is 26.0 Å². The Morgan fingerprint density at radius 3 is 2.65 bits per heavy atom. The second-order valence-electron chi connectivity index (χ2n) is 5.15. The number of aryl methyl sites for hydroxylation is 1. The van der Waals surface area contributed by atoms with Crippen molar-refractivity contribution in [1.29, 1.82) is 0 Å². The molecule has 1 atom stereocenters. The molecule has 1 aromatic carbocycles. The number of likely N-dealkylation sites (N-methyl/N-ethyl adjacent to an activating group) is 1. The summed E-state index contributed by atoms with van der Waals surface area (Å²) in [7, 11) is 3.19. The lowest BCUT2D eigenvalue weighted by Gasteiger charge is -2.21. The van der Waals surface area contributed by atoms with Gasteiger partial charge in [-0.25, -0.2) is 5.10 Å². The standard InChI is InChI=1S/C14H15N3O3/c1-7-8-5-10-11(6-9(8)12(18)16-15-7)17(3)13(19)14(10,2)20-4/h5-6H,1-4H3,(H,16,18). The second kappa shape index (κ2) is 3.89. The molecule has 6 heteroatoms. The lowest BCUT2D eigenvalue weighted by atomic mass is 9.95. The minimum atomic E-state index is -1.02. The van der Waals surface area contributed by atoms with E-state index in [1.54, 1.807) is 20.0 Å². The lowest BCUT2D eigenvalue weighted by Crippen LogP contribution is -2.37. The van der Waals surface area contributed by atoms with Gasteiger partial charge < -0.3 is 9.64 Å².